The Morgan fingerprint density at radius 3 is 2.75 bits per heavy atom. The third-order valence-electron chi connectivity index (χ3n) is 2.80. The van der Waals surface area contributed by atoms with Gasteiger partial charge in [-0.1, -0.05) is 17.7 Å². The smallest absolute Gasteiger partial charge is 0.136 e. The first-order valence-corrected chi connectivity index (χ1v) is 7.07. The van der Waals surface area contributed by atoms with Crippen LogP contribution in [0.1, 0.15) is 11.1 Å². The lowest BCUT2D eigenvalue weighted by atomic mass is 10.1. The van der Waals surface area contributed by atoms with Gasteiger partial charge in [-0.15, -0.1) is 0 Å². The Labute approximate surface area is 131 Å². The van der Waals surface area contributed by atoms with E-state index in [1.54, 1.807) is 13.2 Å². The summed E-state index contributed by atoms with van der Waals surface area (Å²) in [6.45, 7) is 0.608. The van der Waals surface area contributed by atoms with Gasteiger partial charge in [-0.05, 0) is 51.8 Å². The average molecular weight is 352 g/mol. The van der Waals surface area contributed by atoms with Crippen molar-refractivity contribution in [3.8, 4) is 11.8 Å². The summed E-state index contributed by atoms with van der Waals surface area (Å²) >= 11 is 9.39. The number of halogens is 2. The van der Waals surface area contributed by atoms with Gasteiger partial charge in [-0.2, -0.15) is 5.26 Å². The van der Waals surface area contributed by atoms with E-state index >= 15 is 0 Å². The molecule has 3 nitrogen and oxygen atoms in total. The third kappa shape index (κ3) is 3.44. The van der Waals surface area contributed by atoms with Gasteiger partial charge in [0.05, 0.1) is 17.7 Å². The number of ether oxygens (including phenoxy) is 1. The SMILES string of the molecule is COc1ccc(CNc2ccc(Br)c(Cl)c2)cc1C#N. The first-order valence-electron chi connectivity index (χ1n) is 5.90. The summed E-state index contributed by atoms with van der Waals surface area (Å²) in [7, 11) is 1.55. The third-order valence-corrected chi connectivity index (χ3v) is 4.03. The molecule has 0 fully saturated rings. The monoisotopic (exact) mass is 350 g/mol. The second-order valence-corrected chi connectivity index (χ2v) is 5.39. The molecule has 0 radical (unpaired) electrons. The Morgan fingerprint density at radius 2 is 2.10 bits per heavy atom. The molecule has 0 spiro atoms. The normalized spacial score (nSPS) is 9.90. The zero-order chi connectivity index (χ0) is 14.5. The number of hydrogen-bond donors (Lipinski definition) is 1. The molecule has 2 aromatic carbocycles. The van der Waals surface area contributed by atoms with E-state index in [-0.39, 0.29) is 0 Å². The van der Waals surface area contributed by atoms with Crippen molar-refractivity contribution in [1.29, 1.82) is 5.26 Å². The molecule has 0 atom stereocenters. The zero-order valence-electron chi connectivity index (χ0n) is 10.8. The van der Waals surface area contributed by atoms with Crippen molar-refractivity contribution in [3.63, 3.8) is 0 Å². The highest BCUT2D eigenvalue weighted by Crippen LogP contribution is 2.26. The number of nitrogens with one attached hydrogen (secondary N) is 1. The van der Waals surface area contributed by atoms with Crippen molar-refractivity contribution in [1.82, 2.24) is 0 Å². The molecular weight excluding hydrogens is 340 g/mol. The van der Waals surface area contributed by atoms with E-state index in [4.69, 9.17) is 21.6 Å². The van der Waals surface area contributed by atoms with Gasteiger partial charge in [0.15, 0.2) is 0 Å². The quantitative estimate of drug-likeness (QED) is 0.876. The molecule has 2 rings (SSSR count). The second-order valence-electron chi connectivity index (χ2n) is 4.13. The maximum absolute atomic E-state index is 9.05. The van der Waals surface area contributed by atoms with Gasteiger partial charge in [0.25, 0.3) is 0 Å². The van der Waals surface area contributed by atoms with E-state index < -0.39 is 0 Å². The van der Waals surface area contributed by atoms with E-state index in [0.29, 0.717) is 22.9 Å². The highest BCUT2D eigenvalue weighted by molar-refractivity contribution is 9.10. The number of methoxy groups -OCH3 is 1. The van der Waals surface area contributed by atoms with Crippen LogP contribution in [0.5, 0.6) is 5.75 Å². The maximum Gasteiger partial charge on any atom is 0.136 e. The maximum atomic E-state index is 9.05. The molecular formula is C15H12BrClN2O. The van der Waals surface area contributed by atoms with Crippen molar-refractivity contribution in [2.75, 3.05) is 12.4 Å². The van der Waals surface area contributed by atoms with Gasteiger partial charge in [-0.3, -0.25) is 0 Å². The van der Waals surface area contributed by atoms with E-state index in [0.717, 1.165) is 15.7 Å². The van der Waals surface area contributed by atoms with Gasteiger partial charge in [0.1, 0.15) is 11.8 Å². The van der Waals surface area contributed by atoms with Crippen LogP contribution in [0.3, 0.4) is 0 Å². The summed E-state index contributed by atoms with van der Waals surface area (Å²) in [5.41, 5.74) is 2.45. The van der Waals surface area contributed by atoms with Gasteiger partial charge < -0.3 is 10.1 Å². The molecule has 20 heavy (non-hydrogen) atoms. The van der Waals surface area contributed by atoms with Crippen molar-refractivity contribution in [2.45, 2.75) is 6.54 Å². The number of anilines is 1. The molecule has 0 aliphatic rings. The molecule has 0 bridgehead atoms. The Bertz CT molecular complexity index is 667. The van der Waals surface area contributed by atoms with Gasteiger partial charge in [0, 0.05) is 16.7 Å². The first kappa shape index (κ1) is 14.7. The Hall–Kier alpha value is -1.70. The molecule has 0 saturated carbocycles. The molecule has 2 aromatic rings. The summed E-state index contributed by atoms with van der Waals surface area (Å²) in [4.78, 5) is 0. The van der Waals surface area contributed by atoms with Crippen LogP contribution in [0.25, 0.3) is 0 Å². The minimum atomic E-state index is 0.528. The lowest BCUT2D eigenvalue weighted by Crippen LogP contribution is -2.00. The van der Waals surface area contributed by atoms with E-state index in [9.17, 15) is 0 Å². The van der Waals surface area contributed by atoms with E-state index in [2.05, 4.69) is 27.3 Å². The van der Waals surface area contributed by atoms with Crippen molar-refractivity contribution < 1.29 is 4.74 Å². The molecule has 0 amide bonds. The summed E-state index contributed by atoms with van der Waals surface area (Å²) in [6.07, 6.45) is 0. The minimum Gasteiger partial charge on any atom is -0.495 e. The molecule has 1 N–H and O–H groups in total. The Morgan fingerprint density at radius 1 is 1.30 bits per heavy atom. The standard InChI is InChI=1S/C15H12BrClN2O/c1-20-15-5-2-10(6-11(15)8-18)9-19-12-3-4-13(16)14(17)7-12/h2-7,19H,9H2,1H3. The Kier molecular flexibility index (Phi) is 4.89. The number of nitriles is 1. The topological polar surface area (TPSA) is 45.0 Å². The van der Waals surface area contributed by atoms with Gasteiger partial charge >= 0.3 is 0 Å². The van der Waals surface area contributed by atoms with Gasteiger partial charge in [-0.25, -0.2) is 0 Å². The van der Waals surface area contributed by atoms with Crippen LogP contribution in [0.4, 0.5) is 5.69 Å². The second kappa shape index (κ2) is 6.65. The van der Waals surface area contributed by atoms with Crippen LogP contribution < -0.4 is 10.1 Å². The van der Waals surface area contributed by atoms with E-state index in [1.165, 1.54) is 0 Å². The highest BCUT2D eigenvalue weighted by atomic mass is 79.9. The van der Waals surface area contributed by atoms with Crippen LogP contribution >= 0.6 is 27.5 Å². The number of nitrogens with zero attached hydrogens (tertiary/aromatic N) is 1. The fourth-order valence-corrected chi connectivity index (χ4v) is 2.19. The lowest BCUT2D eigenvalue weighted by Gasteiger charge is -2.09. The van der Waals surface area contributed by atoms with E-state index in [1.807, 2.05) is 30.3 Å². The first-order chi connectivity index (χ1) is 9.63. The molecule has 0 aliphatic carbocycles. The lowest BCUT2D eigenvalue weighted by molar-refractivity contribution is 0.413. The van der Waals surface area contributed by atoms with Crippen LogP contribution in [-0.2, 0) is 6.54 Å². The molecule has 102 valence electrons. The van der Waals surface area contributed by atoms with Crippen molar-refractivity contribution >= 4 is 33.2 Å². The predicted molar refractivity (Wildman–Crippen MR) is 84.2 cm³/mol. The van der Waals surface area contributed by atoms with Crippen LogP contribution in [0.2, 0.25) is 5.02 Å². The molecule has 5 heteroatoms. The molecule has 0 unspecified atom stereocenters. The largest absolute Gasteiger partial charge is 0.495 e. The predicted octanol–water partition coefficient (Wildman–Crippen LogP) is 4.59. The number of hydrogen-bond acceptors (Lipinski definition) is 3. The fraction of sp³-hybridized carbons (Fsp3) is 0.133. The molecule has 0 aliphatic heterocycles. The average Bonchev–Trinajstić information content (AvgIpc) is 2.48. The summed E-state index contributed by atoms with van der Waals surface area (Å²) in [5.74, 6) is 0.586. The molecule has 0 aromatic heterocycles. The summed E-state index contributed by atoms with van der Waals surface area (Å²) in [5, 5.41) is 13.0. The number of rotatable bonds is 4. The van der Waals surface area contributed by atoms with Crippen LogP contribution in [0, 0.1) is 11.3 Å². The highest BCUT2D eigenvalue weighted by Gasteiger charge is 2.04. The van der Waals surface area contributed by atoms with Crippen molar-refractivity contribution in [2.24, 2.45) is 0 Å². The summed E-state index contributed by atoms with van der Waals surface area (Å²) in [6, 6.07) is 13.3. The molecule has 0 saturated heterocycles. The number of benzene rings is 2. The zero-order valence-corrected chi connectivity index (χ0v) is 13.1. The van der Waals surface area contributed by atoms with Crippen LogP contribution in [0.15, 0.2) is 40.9 Å². The molecule has 0 heterocycles. The Balaban J connectivity index is 2.11. The fourth-order valence-electron chi connectivity index (χ4n) is 1.76. The summed E-state index contributed by atoms with van der Waals surface area (Å²) < 4.78 is 5.98. The minimum absolute atomic E-state index is 0.528. The van der Waals surface area contributed by atoms with Crippen molar-refractivity contribution in [3.05, 3.63) is 57.0 Å². The van der Waals surface area contributed by atoms with Crippen LogP contribution in [-0.4, -0.2) is 7.11 Å². The van der Waals surface area contributed by atoms with Gasteiger partial charge in [0.2, 0.25) is 0 Å².